The molecule has 0 radical (unpaired) electrons. The number of hydrogen-bond donors (Lipinski definition) is 1. The van der Waals surface area contributed by atoms with Crippen LogP contribution in [0, 0.1) is 0 Å². The van der Waals surface area contributed by atoms with Gasteiger partial charge < -0.3 is 14.9 Å². The summed E-state index contributed by atoms with van der Waals surface area (Å²) in [7, 11) is 1.57. The van der Waals surface area contributed by atoms with Gasteiger partial charge in [0.05, 0.1) is 13.4 Å². The second-order valence-electron chi connectivity index (χ2n) is 5.48. The highest BCUT2D eigenvalue weighted by Gasteiger charge is 2.18. The summed E-state index contributed by atoms with van der Waals surface area (Å²) in [5.74, 6) is 1.08. The molecule has 3 heterocycles. The molecule has 3 aromatic heterocycles. The van der Waals surface area contributed by atoms with Crippen LogP contribution in [-0.2, 0) is 6.54 Å². The van der Waals surface area contributed by atoms with Crippen molar-refractivity contribution in [3.05, 3.63) is 48.2 Å². The summed E-state index contributed by atoms with van der Waals surface area (Å²) in [5, 5.41) is 8.12. The third-order valence-electron chi connectivity index (χ3n) is 3.84. The third kappa shape index (κ3) is 2.75. The number of carbonyl (C=O) groups excluding carboxylic acids is 1. The number of fused-ring (bicyclic) bond motifs is 1. The number of benzene rings is 1. The minimum absolute atomic E-state index is 0.0309. The summed E-state index contributed by atoms with van der Waals surface area (Å²) in [6, 6.07) is 10.3. The SMILES string of the molecule is COc1ccc(C(=O)Cn2nnc3c(-c4ccco4)nc(N)nc32)cc1. The van der Waals surface area contributed by atoms with Gasteiger partial charge in [-0.05, 0) is 36.4 Å². The topological polar surface area (TPSA) is 122 Å². The lowest BCUT2D eigenvalue weighted by molar-refractivity contribution is 0.0968. The predicted molar refractivity (Wildman–Crippen MR) is 92.6 cm³/mol. The van der Waals surface area contributed by atoms with Gasteiger partial charge in [-0.15, -0.1) is 5.10 Å². The number of Topliss-reactive ketones (excluding diaryl/α,β-unsaturated/α-hetero) is 1. The molecule has 9 heteroatoms. The van der Waals surface area contributed by atoms with Gasteiger partial charge >= 0.3 is 0 Å². The number of nitrogens with zero attached hydrogens (tertiary/aromatic N) is 5. The van der Waals surface area contributed by atoms with E-state index in [0.717, 1.165) is 0 Å². The van der Waals surface area contributed by atoms with Crippen LogP contribution in [-0.4, -0.2) is 37.9 Å². The zero-order chi connectivity index (χ0) is 18.1. The number of hydrogen-bond acceptors (Lipinski definition) is 8. The molecule has 0 unspecified atom stereocenters. The standard InChI is InChI=1S/C17H14N6O3/c1-25-11-6-4-10(5-7-11)12(24)9-23-16-15(21-22-23)14(19-17(18)20-16)13-3-2-8-26-13/h2-8H,9H2,1H3,(H2,18,19,20). The number of anilines is 1. The second-order valence-corrected chi connectivity index (χ2v) is 5.48. The molecule has 0 atom stereocenters. The summed E-state index contributed by atoms with van der Waals surface area (Å²) in [5.41, 5.74) is 7.54. The molecule has 0 aliphatic rings. The molecule has 4 aromatic rings. The Hall–Kier alpha value is -3.75. The molecule has 0 spiro atoms. The molecule has 4 rings (SSSR count). The van der Waals surface area contributed by atoms with E-state index in [-0.39, 0.29) is 18.3 Å². The maximum atomic E-state index is 12.5. The molecule has 0 amide bonds. The highest BCUT2D eigenvalue weighted by Crippen LogP contribution is 2.25. The Kier molecular flexibility index (Phi) is 3.81. The van der Waals surface area contributed by atoms with Crippen molar-refractivity contribution >= 4 is 22.9 Å². The van der Waals surface area contributed by atoms with Crippen LogP contribution in [0.4, 0.5) is 5.95 Å². The Labute approximate surface area is 147 Å². The van der Waals surface area contributed by atoms with Crippen molar-refractivity contribution in [1.82, 2.24) is 25.0 Å². The largest absolute Gasteiger partial charge is 0.497 e. The van der Waals surface area contributed by atoms with Crippen LogP contribution < -0.4 is 10.5 Å². The van der Waals surface area contributed by atoms with Crippen LogP contribution in [0.3, 0.4) is 0 Å². The second kappa shape index (κ2) is 6.28. The fourth-order valence-electron chi connectivity index (χ4n) is 2.57. The summed E-state index contributed by atoms with van der Waals surface area (Å²) < 4.78 is 11.9. The number of carbonyl (C=O) groups is 1. The number of rotatable bonds is 5. The normalized spacial score (nSPS) is 11.0. The molecule has 0 aliphatic carbocycles. The third-order valence-corrected chi connectivity index (χ3v) is 3.84. The predicted octanol–water partition coefficient (Wildman–Crippen LogP) is 1.95. The van der Waals surface area contributed by atoms with E-state index in [1.165, 1.54) is 10.9 Å². The first kappa shape index (κ1) is 15.8. The van der Waals surface area contributed by atoms with Crippen molar-refractivity contribution in [1.29, 1.82) is 0 Å². The Morgan fingerprint density at radius 2 is 2.04 bits per heavy atom. The summed E-state index contributed by atoms with van der Waals surface area (Å²) >= 11 is 0. The van der Waals surface area contributed by atoms with Crippen LogP contribution >= 0.6 is 0 Å². The summed E-state index contributed by atoms with van der Waals surface area (Å²) in [6.45, 7) is -0.0309. The monoisotopic (exact) mass is 350 g/mol. The number of nitrogen functional groups attached to an aromatic ring is 1. The molecule has 9 nitrogen and oxygen atoms in total. The van der Waals surface area contributed by atoms with E-state index >= 15 is 0 Å². The minimum Gasteiger partial charge on any atom is -0.497 e. The first-order valence-corrected chi connectivity index (χ1v) is 7.73. The van der Waals surface area contributed by atoms with Gasteiger partial charge in [-0.3, -0.25) is 4.79 Å². The average molecular weight is 350 g/mol. The van der Waals surface area contributed by atoms with Crippen LogP contribution in [0.1, 0.15) is 10.4 Å². The average Bonchev–Trinajstić information content (AvgIpc) is 3.32. The minimum atomic E-state index is -0.142. The lowest BCUT2D eigenvalue weighted by atomic mass is 10.1. The Morgan fingerprint density at radius 3 is 2.73 bits per heavy atom. The fraction of sp³-hybridized carbons (Fsp3) is 0.118. The van der Waals surface area contributed by atoms with Gasteiger partial charge in [-0.1, -0.05) is 5.21 Å². The van der Waals surface area contributed by atoms with E-state index in [1.807, 2.05) is 0 Å². The Morgan fingerprint density at radius 1 is 1.23 bits per heavy atom. The van der Waals surface area contributed by atoms with Gasteiger partial charge in [0.1, 0.15) is 18.0 Å². The zero-order valence-corrected chi connectivity index (χ0v) is 13.8. The highest BCUT2D eigenvalue weighted by atomic mass is 16.5. The maximum Gasteiger partial charge on any atom is 0.222 e. The smallest absolute Gasteiger partial charge is 0.222 e. The first-order valence-electron chi connectivity index (χ1n) is 7.73. The number of aromatic nitrogens is 5. The molecule has 26 heavy (non-hydrogen) atoms. The Bertz CT molecular complexity index is 1070. The lowest BCUT2D eigenvalue weighted by Crippen LogP contribution is -2.12. The fourth-order valence-corrected chi connectivity index (χ4v) is 2.57. The highest BCUT2D eigenvalue weighted by molar-refractivity contribution is 5.97. The molecule has 0 bridgehead atoms. The van der Waals surface area contributed by atoms with E-state index in [2.05, 4.69) is 20.3 Å². The molecular weight excluding hydrogens is 336 g/mol. The molecule has 130 valence electrons. The molecule has 0 aliphatic heterocycles. The van der Waals surface area contributed by atoms with Crippen molar-refractivity contribution in [3.63, 3.8) is 0 Å². The number of furan rings is 1. The van der Waals surface area contributed by atoms with E-state index in [1.54, 1.807) is 43.5 Å². The summed E-state index contributed by atoms with van der Waals surface area (Å²) in [6.07, 6.45) is 1.52. The molecule has 0 saturated carbocycles. The van der Waals surface area contributed by atoms with Crippen molar-refractivity contribution < 1.29 is 13.9 Å². The lowest BCUT2D eigenvalue weighted by Gasteiger charge is -2.04. The van der Waals surface area contributed by atoms with E-state index < -0.39 is 0 Å². The first-order chi connectivity index (χ1) is 12.7. The molecule has 1 aromatic carbocycles. The van der Waals surface area contributed by atoms with Crippen molar-refractivity contribution in [3.8, 4) is 17.2 Å². The van der Waals surface area contributed by atoms with Gasteiger partial charge in [-0.25, -0.2) is 9.67 Å². The Balaban J connectivity index is 1.70. The van der Waals surface area contributed by atoms with Crippen LogP contribution in [0.15, 0.2) is 47.1 Å². The van der Waals surface area contributed by atoms with Crippen LogP contribution in [0.25, 0.3) is 22.6 Å². The van der Waals surface area contributed by atoms with Gasteiger partial charge in [0, 0.05) is 5.56 Å². The quantitative estimate of drug-likeness (QED) is 0.542. The zero-order valence-electron chi connectivity index (χ0n) is 13.8. The van der Waals surface area contributed by atoms with E-state index in [9.17, 15) is 4.79 Å². The number of nitrogens with two attached hydrogens (primary N) is 1. The van der Waals surface area contributed by atoms with Crippen molar-refractivity contribution in [2.45, 2.75) is 6.54 Å². The molecule has 0 fully saturated rings. The maximum absolute atomic E-state index is 12.5. The van der Waals surface area contributed by atoms with Gasteiger partial charge in [-0.2, -0.15) is 4.98 Å². The van der Waals surface area contributed by atoms with Gasteiger partial charge in [0.2, 0.25) is 5.95 Å². The van der Waals surface area contributed by atoms with Gasteiger partial charge in [0.25, 0.3) is 0 Å². The molecule has 2 N–H and O–H groups in total. The van der Waals surface area contributed by atoms with Crippen molar-refractivity contribution in [2.24, 2.45) is 0 Å². The summed E-state index contributed by atoms with van der Waals surface area (Å²) in [4.78, 5) is 20.9. The van der Waals surface area contributed by atoms with E-state index in [4.69, 9.17) is 14.9 Å². The van der Waals surface area contributed by atoms with Gasteiger partial charge in [0.15, 0.2) is 22.7 Å². The number of ether oxygens (including phenoxy) is 1. The van der Waals surface area contributed by atoms with Crippen LogP contribution in [0.2, 0.25) is 0 Å². The number of methoxy groups -OCH3 is 1. The number of ketones is 1. The van der Waals surface area contributed by atoms with E-state index in [0.29, 0.717) is 33.9 Å². The van der Waals surface area contributed by atoms with Crippen molar-refractivity contribution in [2.75, 3.05) is 12.8 Å². The molecular formula is C17H14N6O3. The molecule has 0 saturated heterocycles. The van der Waals surface area contributed by atoms with Crippen LogP contribution in [0.5, 0.6) is 5.75 Å².